The van der Waals surface area contributed by atoms with E-state index in [1.807, 2.05) is 55.5 Å². The Kier molecular flexibility index (Phi) is 6.34. The molecule has 0 heterocycles. The maximum atomic E-state index is 7.14. The van der Waals surface area contributed by atoms with Crippen LogP contribution in [0, 0.1) is 12.3 Å². The van der Waals surface area contributed by atoms with Crippen LogP contribution in [0.3, 0.4) is 0 Å². The zero-order valence-corrected chi connectivity index (χ0v) is 14.0. The van der Waals surface area contributed by atoms with Gasteiger partial charge in [-0.2, -0.15) is 0 Å². The van der Waals surface area contributed by atoms with Crippen molar-refractivity contribution in [2.45, 2.75) is 6.92 Å². The second-order valence-corrected chi connectivity index (χ2v) is 5.35. The van der Waals surface area contributed by atoms with Crippen LogP contribution in [0.15, 0.2) is 65.8 Å². The van der Waals surface area contributed by atoms with Crippen LogP contribution in [0.25, 0.3) is 11.5 Å². The van der Waals surface area contributed by atoms with Gasteiger partial charge in [0.15, 0.2) is 6.40 Å². The van der Waals surface area contributed by atoms with Crippen LogP contribution in [-0.4, -0.2) is 12.6 Å². The molecule has 0 atom stereocenters. The van der Waals surface area contributed by atoms with Gasteiger partial charge in [-0.25, -0.2) is 0 Å². The van der Waals surface area contributed by atoms with E-state index < -0.39 is 0 Å². The van der Waals surface area contributed by atoms with Crippen molar-refractivity contribution in [3.8, 4) is 0 Å². The number of halogens is 1. The van der Waals surface area contributed by atoms with Crippen LogP contribution in [0.2, 0.25) is 5.02 Å². The molecule has 0 aliphatic rings. The van der Waals surface area contributed by atoms with Gasteiger partial charge in [0, 0.05) is 23.5 Å². The minimum atomic E-state index is 0.515. The van der Waals surface area contributed by atoms with Gasteiger partial charge < -0.3 is 10.5 Å². The molecular formula is C19H18ClN3O. The Balaban J connectivity index is 2.27. The average molecular weight is 340 g/mol. The van der Waals surface area contributed by atoms with Crippen molar-refractivity contribution in [2.75, 3.05) is 0 Å². The molecular weight excluding hydrogens is 322 g/mol. The predicted octanol–water partition coefficient (Wildman–Crippen LogP) is 4.64. The Morgan fingerprint density at radius 3 is 2.58 bits per heavy atom. The molecule has 0 spiro atoms. The van der Waals surface area contributed by atoms with E-state index >= 15 is 0 Å². The summed E-state index contributed by atoms with van der Waals surface area (Å²) in [4.78, 5) is 4.35. The van der Waals surface area contributed by atoms with Crippen LogP contribution < -0.4 is 5.73 Å². The minimum Gasteiger partial charge on any atom is -0.446 e. The van der Waals surface area contributed by atoms with E-state index in [0.29, 0.717) is 16.5 Å². The lowest BCUT2D eigenvalue weighted by Gasteiger charge is -2.06. The van der Waals surface area contributed by atoms with Crippen molar-refractivity contribution >= 4 is 35.7 Å². The molecule has 0 unspecified atom stereocenters. The van der Waals surface area contributed by atoms with Crippen molar-refractivity contribution in [1.82, 2.24) is 0 Å². The van der Waals surface area contributed by atoms with Gasteiger partial charge in [-0.3, -0.25) is 10.4 Å². The highest BCUT2D eigenvalue weighted by atomic mass is 35.5. The number of allylic oxidation sites excluding steroid dienone is 1. The maximum Gasteiger partial charge on any atom is 0.173 e. The smallest absolute Gasteiger partial charge is 0.173 e. The van der Waals surface area contributed by atoms with E-state index in [9.17, 15) is 0 Å². The number of aryl methyl sites for hydroxylation is 1. The number of benzene rings is 2. The van der Waals surface area contributed by atoms with Crippen molar-refractivity contribution in [3.63, 3.8) is 0 Å². The Bertz CT molecular complexity index is 796. The Morgan fingerprint density at radius 1 is 1.21 bits per heavy atom. The first-order valence-corrected chi connectivity index (χ1v) is 7.67. The van der Waals surface area contributed by atoms with Gasteiger partial charge in [0.2, 0.25) is 0 Å². The molecule has 0 aromatic heterocycles. The molecule has 0 amide bonds. The van der Waals surface area contributed by atoms with Crippen LogP contribution in [0.1, 0.15) is 16.7 Å². The fraction of sp³-hybridized carbons (Fsp3) is 0.0526. The molecule has 5 heteroatoms. The number of aliphatic imine (C=N–C) groups is 1. The van der Waals surface area contributed by atoms with Crippen LogP contribution in [0.4, 0.5) is 0 Å². The average Bonchev–Trinajstić information content (AvgIpc) is 2.59. The second-order valence-electron chi connectivity index (χ2n) is 4.95. The highest BCUT2D eigenvalue weighted by Crippen LogP contribution is 2.25. The molecule has 2 aromatic rings. The first-order chi connectivity index (χ1) is 11.7. The molecule has 0 fully saturated rings. The lowest BCUT2D eigenvalue weighted by atomic mass is 10.1. The van der Waals surface area contributed by atoms with Crippen LogP contribution >= 0.6 is 11.6 Å². The fourth-order valence-corrected chi connectivity index (χ4v) is 2.42. The first-order valence-electron chi connectivity index (χ1n) is 7.29. The lowest BCUT2D eigenvalue weighted by Crippen LogP contribution is -1.92. The third-order valence-electron chi connectivity index (χ3n) is 3.24. The number of nitrogens with two attached hydrogens (primary N) is 1. The molecule has 4 nitrogen and oxygen atoms in total. The highest BCUT2D eigenvalue weighted by molar-refractivity contribution is 6.32. The quantitative estimate of drug-likeness (QED) is 0.457. The maximum absolute atomic E-state index is 7.14. The normalized spacial score (nSPS) is 12.4. The monoisotopic (exact) mass is 339 g/mol. The molecule has 0 aliphatic heterocycles. The van der Waals surface area contributed by atoms with E-state index in [2.05, 4.69) is 4.99 Å². The van der Waals surface area contributed by atoms with Gasteiger partial charge in [0.25, 0.3) is 0 Å². The molecule has 24 heavy (non-hydrogen) atoms. The van der Waals surface area contributed by atoms with E-state index in [4.69, 9.17) is 27.5 Å². The Morgan fingerprint density at radius 2 is 1.96 bits per heavy atom. The van der Waals surface area contributed by atoms with E-state index in [1.165, 1.54) is 6.20 Å². The number of nitrogens with one attached hydrogen (secondary N) is 1. The Hall–Kier alpha value is -2.85. The molecule has 0 saturated carbocycles. The summed E-state index contributed by atoms with van der Waals surface area (Å²) in [6.07, 6.45) is 5.52. The topological polar surface area (TPSA) is 71.5 Å². The summed E-state index contributed by atoms with van der Waals surface area (Å²) in [7, 11) is 0. The summed E-state index contributed by atoms with van der Waals surface area (Å²) in [5.41, 5.74) is 8.89. The van der Waals surface area contributed by atoms with Gasteiger partial charge in [0.05, 0.1) is 10.7 Å². The number of hydrogen-bond donors (Lipinski definition) is 2. The highest BCUT2D eigenvalue weighted by Gasteiger charge is 2.05. The third-order valence-corrected chi connectivity index (χ3v) is 3.55. The number of nitrogens with zero attached hydrogens (tertiary/aromatic N) is 1. The summed E-state index contributed by atoms with van der Waals surface area (Å²) < 4.78 is 5.22. The van der Waals surface area contributed by atoms with E-state index in [-0.39, 0.29) is 0 Å². The summed E-state index contributed by atoms with van der Waals surface area (Å²) in [6, 6.07) is 15.2. The molecule has 0 radical (unpaired) electrons. The van der Waals surface area contributed by atoms with Gasteiger partial charge in [-0.15, -0.1) is 0 Å². The van der Waals surface area contributed by atoms with Crippen molar-refractivity contribution in [3.05, 3.63) is 82.5 Å². The summed E-state index contributed by atoms with van der Waals surface area (Å²) in [5.74, 6) is 0.515. The van der Waals surface area contributed by atoms with Gasteiger partial charge in [0.1, 0.15) is 5.76 Å². The zero-order chi connectivity index (χ0) is 17.4. The van der Waals surface area contributed by atoms with E-state index in [1.54, 1.807) is 12.3 Å². The molecule has 0 aliphatic carbocycles. The molecule has 2 aromatic carbocycles. The van der Waals surface area contributed by atoms with Crippen molar-refractivity contribution in [1.29, 1.82) is 5.41 Å². The number of hydrogen-bond acceptors (Lipinski definition) is 4. The molecule has 122 valence electrons. The number of ether oxygens (including phenoxy) is 1. The first kappa shape index (κ1) is 17.5. The lowest BCUT2D eigenvalue weighted by molar-refractivity contribution is 0.527. The Labute approximate surface area is 146 Å². The van der Waals surface area contributed by atoms with Gasteiger partial charge in [-0.05, 0) is 24.6 Å². The summed E-state index contributed by atoms with van der Waals surface area (Å²) in [5, 5.41) is 7.73. The third kappa shape index (κ3) is 4.57. The van der Waals surface area contributed by atoms with Crippen LogP contribution in [-0.2, 0) is 4.74 Å². The summed E-state index contributed by atoms with van der Waals surface area (Å²) >= 11 is 6.25. The fourth-order valence-electron chi connectivity index (χ4n) is 2.08. The molecule has 3 N–H and O–H groups in total. The van der Waals surface area contributed by atoms with Gasteiger partial charge in [-0.1, -0.05) is 54.1 Å². The van der Waals surface area contributed by atoms with Gasteiger partial charge >= 0.3 is 0 Å². The zero-order valence-electron chi connectivity index (χ0n) is 13.2. The van der Waals surface area contributed by atoms with Crippen LogP contribution in [0.5, 0.6) is 0 Å². The van der Waals surface area contributed by atoms with Crippen molar-refractivity contribution in [2.24, 2.45) is 10.7 Å². The molecule has 0 saturated heterocycles. The standard InChI is InChI=1S/C19H18ClN3O/c1-14-7-8-16(17(20)11-14)18(12-21)23-10-9-19(24-13-22)15-5-3-2-4-6-15/h2-13,22H,21H2,1H3/b18-12-,19-9+,22-13?,23-10+. The SMILES string of the molecule is Cc1ccc(C(=C/N)/N=C/C=C(/OC=N)c2ccccc2)c(Cl)c1. The molecule has 2 rings (SSSR count). The van der Waals surface area contributed by atoms with Crippen molar-refractivity contribution < 1.29 is 4.74 Å². The largest absolute Gasteiger partial charge is 0.446 e. The molecule has 0 bridgehead atoms. The van der Waals surface area contributed by atoms with E-state index in [0.717, 1.165) is 23.1 Å². The minimum absolute atomic E-state index is 0.515. The number of rotatable bonds is 6. The second kappa shape index (κ2) is 8.70. The summed E-state index contributed by atoms with van der Waals surface area (Å²) in [6.45, 7) is 1.97. The predicted molar refractivity (Wildman–Crippen MR) is 101 cm³/mol.